The zero-order valence-corrected chi connectivity index (χ0v) is 11.2. The molecule has 0 aliphatic heterocycles. The minimum absolute atomic E-state index is 0.646. The quantitative estimate of drug-likeness (QED) is 0.658. The summed E-state index contributed by atoms with van der Waals surface area (Å²) >= 11 is 1.73. The molecule has 0 amide bonds. The lowest BCUT2D eigenvalue weighted by Crippen LogP contribution is -2.03. The Labute approximate surface area is 112 Å². The third-order valence-corrected chi connectivity index (χ3v) is 3.50. The molecule has 94 valence electrons. The van der Waals surface area contributed by atoms with Crippen molar-refractivity contribution in [3.8, 4) is 5.75 Å². The number of nitrogens with two attached hydrogens (primary N) is 1. The van der Waals surface area contributed by atoms with Gasteiger partial charge in [0.25, 0.3) is 0 Å². The van der Waals surface area contributed by atoms with Gasteiger partial charge in [-0.1, -0.05) is 18.2 Å². The molecule has 0 saturated heterocycles. The Balaban J connectivity index is 1.86. The van der Waals surface area contributed by atoms with E-state index < -0.39 is 0 Å². The summed E-state index contributed by atoms with van der Waals surface area (Å²) < 4.78 is 5.70. The van der Waals surface area contributed by atoms with Crippen LogP contribution >= 0.6 is 11.8 Å². The summed E-state index contributed by atoms with van der Waals surface area (Å²) in [6.07, 6.45) is 2.89. The number of rotatable bonds is 5. The second-order valence-corrected chi connectivity index (χ2v) is 4.85. The van der Waals surface area contributed by atoms with E-state index >= 15 is 0 Å². The van der Waals surface area contributed by atoms with Crippen molar-refractivity contribution >= 4 is 17.4 Å². The van der Waals surface area contributed by atoms with Gasteiger partial charge in [-0.3, -0.25) is 0 Å². The molecular weight excluding hydrogens is 242 g/mol. The molecule has 2 aromatic rings. The van der Waals surface area contributed by atoms with E-state index in [1.54, 1.807) is 11.8 Å². The summed E-state index contributed by atoms with van der Waals surface area (Å²) in [5.74, 6) is 0.905. The standard InChI is InChI=1S/C15H17NOS/c1-18-14-8-6-13(7-9-14)17-11-10-12-4-2-3-5-15(12)16/h2-9H,10-11,16H2,1H3. The Morgan fingerprint density at radius 2 is 1.78 bits per heavy atom. The van der Waals surface area contributed by atoms with E-state index in [4.69, 9.17) is 10.5 Å². The number of nitrogen functional groups attached to an aromatic ring is 1. The topological polar surface area (TPSA) is 35.2 Å². The largest absolute Gasteiger partial charge is 0.493 e. The predicted molar refractivity (Wildman–Crippen MR) is 78.3 cm³/mol. The summed E-state index contributed by atoms with van der Waals surface area (Å²) in [4.78, 5) is 1.25. The molecule has 3 heteroatoms. The molecule has 0 atom stereocenters. The third-order valence-electron chi connectivity index (χ3n) is 2.75. The molecule has 0 unspecified atom stereocenters. The molecule has 0 spiro atoms. The van der Waals surface area contributed by atoms with Crippen molar-refractivity contribution < 1.29 is 4.74 Å². The minimum Gasteiger partial charge on any atom is -0.493 e. The Kier molecular flexibility index (Phi) is 4.53. The van der Waals surface area contributed by atoms with Gasteiger partial charge in [-0.15, -0.1) is 11.8 Å². The molecule has 0 aliphatic rings. The lowest BCUT2D eigenvalue weighted by atomic mass is 10.1. The van der Waals surface area contributed by atoms with E-state index in [0.717, 1.165) is 23.4 Å². The molecule has 2 nitrogen and oxygen atoms in total. The number of hydrogen-bond donors (Lipinski definition) is 1. The monoisotopic (exact) mass is 259 g/mol. The number of hydrogen-bond acceptors (Lipinski definition) is 3. The smallest absolute Gasteiger partial charge is 0.119 e. The summed E-state index contributed by atoms with van der Waals surface area (Å²) in [5.41, 5.74) is 7.85. The van der Waals surface area contributed by atoms with Crippen molar-refractivity contribution in [1.29, 1.82) is 0 Å². The van der Waals surface area contributed by atoms with Crippen LogP contribution in [-0.4, -0.2) is 12.9 Å². The van der Waals surface area contributed by atoms with Crippen LogP contribution in [-0.2, 0) is 6.42 Å². The molecule has 2 aromatic carbocycles. The van der Waals surface area contributed by atoms with Gasteiger partial charge in [-0.25, -0.2) is 0 Å². The summed E-state index contributed by atoms with van der Waals surface area (Å²) in [7, 11) is 0. The fraction of sp³-hybridized carbons (Fsp3) is 0.200. The third kappa shape index (κ3) is 3.44. The van der Waals surface area contributed by atoms with E-state index in [9.17, 15) is 0 Å². The Morgan fingerprint density at radius 1 is 1.06 bits per heavy atom. The van der Waals surface area contributed by atoms with Crippen molar-refractivity contribution in [3.63, 3.8) is 0 Å². The van der Waals surface area contributed by atoms with Gasteiger partial charge in [0.1, 0.15) is 5.75 Å². The van der Waals surface area contributed by atoms with Gasteiger partial charge in [-0.2, -0.15) is 0 Å². The molecule has 0 aromatic heterocycles. The van der Waals surface area contributed by atoms with Crippen LogP contribution in [0.4, 0.5) is 5.69 Å². The number of anilines is 1. The number of benzene rings is 2. The fourth-order valence-electron chi connectivity index (χ4n) is 1.71. The maximum Gasteiger partial charge on any atom is 0.119 e. The number of para-hydroxylation sites is 1. The SMILES string of the molecule is CSc1ccc(OCCc2ccccc2N)cc1. The van der Waals surface area contributed by atoms with Crippen LogP contribution < -0.4 is 10.5 Å². The van der Waals surface area contributed by atoms with E-state index in [-0.39, 0.29) is 0 Å². The molecule has 2 rings (SSSR count). The lowest BCUT2D eigenvalue weighted by molar-refractivity contribution is 0.322. The first kappa shape index (κ1) is 12.8. The summed E-state index contributed by atoms with van der Waals surface area (Å²) in [6.45, 7) is 0.646. The summed E-state index contributed by atoms with van der Waals surface area (Å²) in [5, 5.41) is 0. The Bertz CT molecular complexity index is 496. The molecule has 0 fully saturated rings. The average Bonchev–Trinajstić information content (AvgIpc) is 2.42. The molecule has 18 heavy (non-hydrogen) atoms. The highest BCUT2D eigenvalue weighted by Crippen LogP contribution is 2.19. The van der Waals surface area contributed by atoms with Crippen LogP contribution in [0.15, 0.2) is 53.4 Å². The molecular formula is C15H17NOS. The van der Waals surface area contributed by atoms with Gasteiger partial charge in [0.15, 0.2) is 0 Å². The van der Waals surface area contributed by atoms with Crippen LogP contribution in [0.25, 0.3) is 0 Å². The van der Waals surface area contributed by atoms with Gasteiger partial charge in [0, 0.05) is 17.0 Å². The highest BCUT2D eigenvalue weighted by atomic mass is 32.2. The van der Waals surface area contributed by atoms with Gasteiger partial charge >= 0.3 is 0 Å². The second-order valence-electron chi connectivity index (χ2n) is 3.97. The van der Waals surface area contributed by atoms with Gasteiger partial charge < -0.3 is 10.5 Å². The van der Waals surface area contributed by atoms with Gasteiger partial charge in [0.2, 0.25) is 0 Å². The molecule has 0 heterocycles. The van der Waals surface area contributed by atoms with Crippen LogP contribution in [0, 0.1) is 0 Å². The molecule has 0 saturated carbocycles. The normalized spacial score (nSPS) is 10.3. The van der Waals surface area contributed by atoms with E-state index in [0.29, 0.717) is 6.61 Å². The lowest BCUT2D eigenvalue weighted by Gasteiger charge is -2.08. The zero-order valence-electron chi connectivity index (χ0n) is 10.4. The van der Waals surface area contributed by atoms with Crippen LogP contribution in [0.5, 0.6) is 5.75 Å². The average molecular weight is 259 g/mol. The van der Waals surface area contributed by atoms with E-state index in [1.807, 2.05) is 36.4 Å². The minimum atomic E-state index is 0.646. The maximum atomic E-state index is 5.88. The van der Waals surface area contributed by atoms with Crippen LogP contribution in [0.3, 0.4) is 0 Å². The first-order chi connectivity index (χ1) is 8.79. The predicted octanol–water partition coefficient (Wildman–Crippen LogP) is 3.61. The van der Waals surface area contributed by atoms with Gasteiger partial charge in [0.05, 0.1) is 6.61 Å². The zero-order chi connectivity index (χ0) is 12.8. The van der Waals surface area contributed by atoms with E-state index in [1.165, 1.54) is 4.90 Å². The van der Waals surface area contributed by atoms with E-state index in [2.05, 4.69) is 18.4 Å². The Hall–Kier alpha value is -1.61. The maximum absolute atomic E-state index is 5.88. The second kappa shape index (κ2) is 6.36. The highest BCUT2D eigenvalue weighted by Gasteiger charge is 1.99. The number of ether oxygens (including phenoxy) is 1. The van der Waals surface area contributed by atoms with Crippen molar-refractivity contribution in [1.82, 2.24) is 0 Å². The van der Waals surface area contributed by atoms with Crippen molar-refractivity contribution in [3.05, 3.63) is 54.1 Å². The first-order valence-corrected chi connectivity index (χ1v) is 7.12. The molecule has 0 bridgehead atoms. The molecule has 0 radical (unpaired) electrons. The van der Waals surface area contributed by atoms with Crippen LogP contribution in [0.2, 0.25) is 0 Å². The highest BCUT2D eigenvalue weighted by molar-refractivity contribution is 7.98. The molecule has 2 N–H and O–H groups in total. The fourth-order valence-corrected chi connectivity index (χ4v) is 2.12. The first-order valence-electron chi connectivity index (χ1n) is 5.90. The van der Waals surface area contributed by atoms with Crippen molar-refractivity contribution in [2.24, 2.45) is 0 Å². The Morgan fingerprint density at radius 3 is 2.44 bits per heavy atom. The number of thioether (sulfide) groups is 1. The van der Waals surface area contributed by atoms with Gasteiger partial charge in [-0.05, 0) is 42.2 Å². The van der Waals surface area contributed by atoms with Crippen molar-refractivity contribution in [2.75, 3.05) is 18.6 Å². The summed E-state index contributed by atoms with van der Waals surface area (Å²) in [6, 6.07) is 16.0. The van der Waals surface area contributed by atoms with Crippen LogP contribution in [0.1, 0.15) is 5.56 Å². The molecule has 0 aliphatic carbocycles. The van der Waals surface area contributed by atoms with Crippen molar-refractivity contribution in [2.45, 2.75) is 11.3 Å².